The van der Waals surface area contributed by atoms with Crippen LogP contribution in [0.25, 0.3) is 10.8 Å². The predicted molar refractivity (Wildman–Crippen MR) is 71.4 cm³/mol. The van der Waals surface area contributed by atoms with E-state index in [0.29, 0.717) is 11.7 Å². The van der Waals surface area contributed by atoms with Gasteiger partial charge < -0.3 is 10.3 Å². The summed E-state index contributed by atoms with van der Waals surface area (Å²) in [5, 5.41) is 4.05. The molecule has 0 aromatic carbocycles. The van der Waals surface area contributed by atoms with Gasteiger partial charge in [-0.1, -0.05) is 12.1 Å². The first-order valence-electron chi connectivity index (χ1n) is 6.35. The fourth-order valence-corrected chi connectivity index (χ4v) is 3.32. The van der Waals surface area contributed by atoms with Crippen LogP contribution in [0.3, 0.4) is 0 Å². The van der Waals surface area contributed by atoms with E-state index in [2.05, 4.69) is 30.1 Å². The Kier molecular flexibility index (Phi) is 2.75. The first-order chi connectivity index (χ1) is 8.62. The Balaban J connectivity index is 1.92. The number of nitrogens with two attached hydrogens (primary N) is 1. The number of rotatable bonds is 3. The molecule has 2 heterocycles. The van der Waals surface area contributed by atoms with Crippen LogP contribution in [-0.4, -0.2) is 10.1 Å². The highest BCUT2D eigenvalue weighted by atomic mass is 32.1. The van der Waals surface area contributed by atoms with Gasteiger partial charge in [0.25, 0.3) is 5.89 Å². The predicted octanol–water partition coefficient (Wildman–Crippen LogP) is 3.01. The second-order valence-corrected chi connectivity index (χ2v) is 6.23. The molecule has 4 nitrogen and oxygen atoms in total. The summed E-state index contributed by atoms with van der Waals surface area (Å²) in [6.45, 7) is 4.28. The fraction of sp³-hybridized carbons (Fsp3) is 0.538. The monoisotopic (exact) mass is 263 g/mol. The van der Waals surface area contributed by atoms with E-state index in [4.69, 9.17) is 10.3 Å². The first kappa shape index (κ1) is 11.9. The van der Waals surface area contributed by atoms with Crippen LogP contribution in [0.15, 0.2) is 10.6 Å². The molecule has 1 aliphatic rings. The minimum atomic E-state index is -0.346. The summed E-state index contributed by atoms with van der Waals surface area (Å²) in [4.78, 5) is 6.84. The number of hydrogen-bond acceptors (Lipinski definition) is 5. The summed E-state index contributed by atoms with van der Waals surface area (Å²) in [5.41, 5.74) is 7.20. The maximum Gasteiger partial charge on any atom is 0.268 e. The topological polar surface area (TPSA) is 64.9 Å². The van der Waals surface area contributed by atoms with E-state index in [1.54, 1.807) is 11.3 Å². The first-order valence-corrected chi connectivity index (χ1v) is 7.17. The summed E-state index contributed by atoms with van der Waals surface area (Å²) < 4.78 is 5.35. The molecule has 0 radical (unpaired) electrons. The summed E-state index contributed by atoms with van der Waals surface area (Å²) in [6, 6.07) is 2.14. The van der Waals surface area contributed by atoms with Crippen LogP contribution >= 0.6 is 11.3 Å². The Bertz CT molecular complexity index is 569. The molecule has 3 rings (SSSR count). The van der Waals surface area contributed by atoms with Gasteiger partial charge in [-0.3, -0.25) is 0 Å². The number of hydrogen-bond donors (Lipinski definition) is 1. The van der Waals surface area contributed by atoms with E-state index >= 15 is 0 Å². The minimum Gasteiger partial charge on any atom is -0.333 e. The van der Waals surface area contributed by atoms with Crippen molar-refractivity contribution in [1.82, 2.24) is 10.1 Å². The molecule has 0 aliphatic heterocycles. The van der Waals surface area contributed by atoms with Gasteiger partial charge in [0.05, 0.1) is 10.4 Å². The molecular weight excluding hydrogens is 246 g/mol. The van der Waals surface area contributed by atoms with Gasteiger partial charge in [0.15, 0.2) is 5.82 Å². The number of thiophene rings is 1. The van der Waals surface area contributed by atoms with Crippen LogP contribution in [0.4, 0.5) is 0 Å². The Morgan fingerprint density at radius 2 is 2.28 bits per heavy atom. The molecule has 1 aliphatic carbocycles. The summed E-state index contributed by atoms with van der Waals surface area (Å²) in [7, 11) is 0. The zero-order chi connectivity index (χ0) is 12.8. The highest BCUT2D eigenvalue weighted by molar-refractivity contribution is 7.15. The second-order valence-electron chi connectivity index (χ2n) is 4.98. The molecule has 0 atom stereocenters. The Hall–Kier alpha value is -1.20. The summed E-state index contributed by atoms with van der Waals surface area (Å²) in [5.74, 6) is 1.27. The van der Waals surface area contributed by atoms with Crippen LogP contribution in [0.1, 0.15) is 42.5 Å². The van der Waals surface area contributed by atoms with E-state index in [1.165, 1.54) is 10.4 Å². The van der Waals surface area contributed by atoms with Crippen LogP contribution in [0.2, 0.25) is 0 Å². The molecule has 18 heavy (non-hydrogen) atoms. The van der Waals surface area contributed by atoms with Crippen molar-refractivity contribution in [1.29, 1.82) is 0 Å². The van der Waals surface area contributed by atoms with Crippen molar-refractivity contribution >= 4 is 11.3 Å². The van der Waals surface area contributed by atoms with Crippen molar-refractivity contribution in [3.05, 3.63) is 22.3 Å². The smallest absolute Gasteiger partial charge is 0.268 e. The third-order valence-electron chi connectivity index (χ3n) is 3.73. The van der Waals surface area contributed by atoms with Crippen LogP contribution in [0, 0.1) is 6.92 Å². The quantitative estimate of drug-likeness (QED) is 0.924. The fourth-order valence-electron chi connectivity index (χ4n) is 2.28. The van der Waals surface area contributed by atoms with E-state index in [0.717, 1.165) is 30.6 Å². The molecule has 0 bridgehead atoms. The van der Waals surface area contributed by atoms with Gasteiger partial charge in [-0.2, -0.15) is 4.98 Å². The Morgan fingerprint density at radius 3 is 2.83 bits per heavy atom. The van der Waals surface area contributed by atoms with E-state index < -0.39 is 0 Å². The van der Waals surface area contributed by atoms with Crippen molar-refractivity contribution in [3.63, 3.8) is 0 Å². The molecule has 1 saturated carbocycles. The maximum atomic E-state index is 6.20. The van der Waals surface area contributed by atoms with Gasteiger partial charge in [0, 0.05) is 4.88 Å². The highest BCUT2D eigenvalue weighted by Crippen LogP contribution is 2.38. The number of aryl methyl sites for hydroxylation is 2. The molecule has 0 amide bonds. The van der Waals surface area contributed by atoms with Crippen LogP contribution < -0.4 is 5.73 Å². The zero-order valence-corrected chi connectivity index (χ0v) is 11.5. The Labute approximate surface area is 110 Å². The molecule has 5 heteroatoms. The van der Waals surface area contributed by atoms with Crippen molar-refractivity contribution < 1.29 is 4.52 Å². The lowest BCUT2D eigenvalue weighted by Gasteiger charge is -2.34. The van der Waals surface area contributed by atoms with Gasteiger partial charge >= 0.3 is 0 Å². The van der Waals surface area contributed by atoms with E-state index in [-0.39, 0.29) is 5.54 Å². The Morgan fingerprint density at radius 1 is 1.50 bits per heavy atom. The van der Waals surface area contributed by atoms with E-state index in [1.807, 2.05) is 0 Å². The maximum absolute atomic E-state index is 6.20. The number of aromatic nitrogens is 2. The molecular formula is C13H17N3OS. The average Bonchev–Trinajstić information content (AvgIpc) is 2.92. The largest absolute Gasteiger partial charge is 0.333 e. The van der Waals surface area contributed by atoms with Crippen molar-refractivity contribution in [2.45, 2.75) is 45.1 Å². The van der Waals surface area contributed by atoms with E-state index in [9.17, 15) is 0 Å². The van der Waals surface area contributed by atoms with Crippen molar-refractivity contribution in [3.8, 4) is 10.8 Å². The SMILES string of the molecule is CCc1cc(-c2nc(C3(N)CCC3)no2)sc1C. The van der Waals surface area contributed by atoms with Gasteiger partial charge in [-0.25, -0.2) is 0 Å². The molecule has 0 saturated heterocycles. The molecule has 2 aromatic rings. The average molecular weight is 263 g/mol. The lowest BCUT2D eigenvalue weighted by molar-refractivity contribution is 0.229. The van der Waals surface area contributed by atoms with Crippen molar-refractivity contribution in [2.24, 2.45) is 5.73 Å². The molecule has 0 spiro atoms. The number of nitrogens with zero attached hydrogens (tertiary/aromatic N) is 2. The van der Waals surface area contributed by atoms with Crippen molar-refractivity contribution in [2.75, 3.05) is 0 Å². The van der Waals surface area contributed by atoms with Gasteiger partial charge in [0.2, 0.25) is 0 Å². The molecule has 2 aromatic heterocycles. The zero-order valence-electron chi connectivity index (χ0n) is 10.7. The van der Waals surface area contributed by atoms with Gasteiger partial charge in [-0.15, -0.1) is 11.3 Å². The minimum absolute atomic E-state index is 0.346. The lowest BCUT2D eigenvalue weighted by atomic mass is 9.77. The highest BCUT2D eigenvalue weighted by Gasteiger charge is 2.39. The third-order valence-corrected chi connectivity index (χ3v) is 4.81. The standard InChI is InChI=1S/C13H17N3OS/c1-3-9-7-10(18-8(9)2)11-15-12(16-17-11)13(14)5-4-6-13/h7H,3-6,14H2,1-2H3. The third kappa shape index (κ3) is 1.78. The summed E-state index contributed by atoms with van der Waals surface area (Å²) >= 11 is 1.70. The van der Waals surface area contributed by atoms with Crippen LogP contribution in [0.5, 0.6) is 0 Å². The normalized spacial score (nSPS) is 17.7. The molecule has 2 N–H and O–H groups in total. The van der Waals surface area contributed by atoms with Crippen LogP contribution in [-0.2, 0) is 12.0 Å². The molecule has 0 unspecified atom stereocenters. The van der Waals surface area contributed by atoms with Gasteiger partial charge in [0.1, 0.15) is 0 Å². The molecule has 1 fully saturated rings. The molecule has 96 valence electrons. The van der Waals surface area contributed by atoms with Gasteiger partial charge in [-0.05, 0) is 44.2 Å². The lowest BCUT2D eigenvalue weighted by Crippen LogP contribution is -2.44. The second kappa shape index (κ2) is 4.17. The summed E-state index contributed by atoms with van der Waals surface area (Å²) in [6.07, 6.45) is 4.09.